The van der Waals surface area contributed by atoms with Crippen molar-refractivity contribution in [2.75, 3.05) is 18.6 Å². The van der Waals surface area contributed by atoms with Gasteiger partial charge in [0.2, 0.25) is 0 Å². The van der Waals surface area contributed by atoms with Crippen LogP contribution in [0.5, 0.6) is 5.75 Å². The number of rotatable bonds is 5. The number of ether oxygens (including phenoxy) is 1. The fourth-order valence-corrected chi connectivity index (χ4v) is 3.53. The number of thiazole rings is 1. The molecule has 0 saturated heterocycles. The molecule has 3 aromatic rings. The molecule has 24 heavy (non-hydrogen) atoms. The lowest BCUT2D eigenvalue weighted by Gasteiger charge is -2.22. The van der Waals surface area contributed by atoms with Crippen LogP contribution in [0, 0.1) is 5.92 Å². The van der Waals surface area contributed by atoms with Gasteiger partial charge in [0, 0.05) is 6.54 Å². The van der Waals surface area contributed by atoms with Gasteiger partial charge in [-0.25, -0.2) is 4.98 Å². The molecule has 0 aliphatic rings. The second-order valence-corrected chi connectivity index (χ2v) is 6.98. The molecule has 0 saturated carbocycles. The number of nitrogens with zero attached hydrogens (tertiary/aromatic N) is 2. The van der Waals surface area contributed by atoms with E-state index in [9.17, 15) is 4.79 Å². The van der Waals surface area contributed by atoms with Gasteiger partial charge in [-0.05, 0) is 30.2 Å². The number of anilines is 1. The van der Waals surface area contributed by atoms with Crippen LogP contribution < -0.4 is 9.64 Å². The molecular formula is C19H20N2O2S. The van der Waals surface area contributed by atoms with E-state index in [-0.39, 0.29) is 5.91 Å². The van der Waals surface area contributed by atoms with Crippen molar-refractivity contribution in [3.63, 3.8) is 0 Å². The van der Waals surface area contributed by atoms with E-state index in [1.54, 1.807) is 24.1 Å². The smallest absolute Gasteiger partial charge is 0.263 e. The van der Waals surface area contributed by atoms with Crippen LogP contribution in [0.15, 0.2) is 48.5 Å². The Bertz CT molecular complexity index is 824. The summed E-state index contributed by atoms with van der Waals surface area (Å²) in [6, 6.07) is 15.2. The van der Waals surface area contributed by atoms with E-state index in [2.05, 4.69) is 18.8 Å². The predicted octanol–water partition coefficient (Wildman–Crippen LogP) is 4.61. The SMILES string of the molecule is COc1ccccc1C(=O)N(CC(C)C)c1nc2ccccc2s1. The predicted molar refractivity (Wildman–Crippen MR) is 99.1 cm³/mol. The third-order valence-corrected chi connectivity index (χ3v) is 4.70. The lowest BCUT2D eigenvalue weighted by atomic mass is 10.1. The molecule has 2 aromatic carbocycles. The molecule has 3 rings (SSSR count). The molecule has 4 nitrogen and oxygen atoms in total. The Morgan fingerprint density at radius 3 is 2.58 bits per heavy atom. The van der Waals surface area contributed by atoms with E-state index in [4.69, 9.17) is 4.74 Å². The highest BCUT2D eigenvalue weighted by atomic mass is 32.1. The molecule has 0 bridgehead atoms. The molecule has 124 valence electrons. The van der Waals surface area contributed by atoms with Crippen molar-refractivity contribution in [3.05, 3.63) is 54.1 Å². The Hall–Kier alpha value is -2.40. The van der Waals surface area contributed by atoms with Crippen molar-refractivity contribution in [2.24, 2.45) is 5.92 Å². The van der Waals surface area contributed by atoms with Crippen LogP contribution in [0.2, 0.25) is 0 Å². The largest absolute Gasteiger partial charge is 0.496 e. The molecule has 0 unspecified atom stereocenters. The van der Waals surface area contributed by atoms with Crippen LogP contribution in [0.25, 0.3) is 10.2 Å². The van der Waals surface area contributed by atoms with Gasteiger partial charge < -0.3 is 4.74 Å². The van der Waals surface area contributed by atoms with Gasteiger partial charge in [-0.2, -0.15) is 0 Å². The number of amides is 1. The molecule has 0 N–H and O–H groups in total. The number of methoxy groups -OCH3 is 1. The maximum Gasteiger partial charge on any atom is 0.263 e. The highest BCUT2D eigenvalue weighted by Gasteiger charge is 2.24. The Morgan fingerprint density at radius 1 is 1.17 bits per heavy atom. The minimum absolute atomic E-state index is 0.0831. The lowest BCUT2D eigenvalue weighted by molar-refractivity contribution is 0.0981. The Labute approximate surface area is 145 Å². The van der Waals surface area contributed by atoms with Gasteiger partial charge in [0.05, 0.1) is 22.9 Å². The number of aromatic nitrogens is 1. The Kier molecular flexibility index (Phi) is 4.81. The normalized spacial score (nSPS) is 11.0. The zero-order valence-electron chi connectivity index (χ0n) is 14.0. The molecule has 0 aliphatic heterocycles. The minimum atomic E-state index is -0.0831. The number of carbonyl (C=O) groups is 1. The Balaban J connectivity index is 2.04. The molecule has 0 radical (unpaired) electrons. The summed E-state index contributed by atoms with van der Waals surface area (Å²) < 4.78 is 6.43. The zero-order chi connectivity index (χ0) is 17.1. The fourth-order valence-electron chi connectivity index (χ4n) is 2.56. The number of fused-ring (bicyclic) bond motifs is 1. The monoisotopic (exact) mass is 340 g/mol. The molecule has 0 spiro atoms. The molecule has 5 heteroatoms. The lowest BCUT2D eigenvalue weighted by Crippen LogP contribution is -2.34. The molecule has 0 fully saturated rings. The van der Waals surface area contributed by atoms with Gasteiger partial charge in [0.25, 0.3) is 5.91 Å². The highest BCUT2D eigenvalue weighted by molar-refractivity contribution is 7.22. The first kappa shape index (κ1) is 16.5. The quantitative estimate of drug-likeness (QED) is 0.681. The number of hydrogen-bond acceptors (Lipinski definition) is 4. The van der Waals surface area contributed by atoms with Crippen LogP contribution in [-0.4, -0.2) is 24.5 Å². The number of benzene rings is 2. The van der Waals surface area contributed by atoms with Gasteiger partial charge in [0.1, 0.15) is 5.75 Å². The standard InChI is InChI=1S/C19H20N2O2S/c1-13(2)12-21(18(22)14-8-4-6-10-16(14)23-3)19-20-15-9-5-7-11-17(15)24-19/h4-11,13H,12H2,1-3H3. The average molecular weight is 340 g/mol. The van der Waals surface area contributed by atoms with Crippen molar-refractivity contribution in [2.45, 2.75) is 13.8 Å². The van der Waals surface area contributed by atoms with Gasteiger partial charge in [-0.1, -0.05) is 49.4 Å². The van der Waals surface area contributed by atoms with Crippen molar-refractivity contribution in [1.82, 2.24) is 4.98 Å². The van der Waals surface area contributed by atoms with Crippen molar-refractivity contribution in [3.8, 4) is 5.75 Å². The topological polar surface area (TPSA) is 42.4 Å². The van der Waals surface area contributed by atoms with Crippen LogP contribution in [0.1, 0.15) is 24.2 Å². The van der Waals surface area contributed by atoms with Crippen molar-refractivity contribution >= 4 is 32.6 Å². The second-order valence-electron chi connectivity index (χ2n) is 5.97. The van der Waals surface area contributed by atoms with Crippen LogP contribution in [0.3, 0.4) is 0 Å². The first-order valence-corrected chi connectivity index (χ1v) is 8.72. The summed E-state index contributed by atoms with van der Waals surface area (Å²) in [6.45, 7) is 4.79. The van der Waals surface area contributed by atoms with E-state index in [1.807, 2.05) is 36.4 Å². The van der Waals surface area contributed by atoms with E-state index < -0.39 is 0 Å². The number of carbonyl (C=O) groups excluding carboxylic acids is 1. The fraction of sp³-hybridized carbons (Fsp3) is 0.263. The molecule has 0 atom stereocenters. The van der Waals surface area contributed by atoms with E-state index >= 15 is 0 Å². The summed E-state index contributed by atoms with van der Waals surface area (Å²) in [5, 5.41) is 0.723. The summed E-state index contributed by atoms with van der Waals surface area (Å²) >= 11 is 1.54. The summed E-state index contributed by atoms with van der Waals surface area (Å²) in [7, 11) is 1.58. The highest BCUT2D eigenvalue weighted by Crippen LogP contribution is 2.31. The van der Waals surface area contributed by atoms with Crippen LogP contribution in [0.4, 0.5) is 5.13 Å². The molecule has 1 amide bonds. The average Bonchev–Trinajstić information content (AvgIpc) is 3.02. The van der Waals surface area contributed by atoms with Crippen molar-refractivity contribution < 1.29 is 9.53 Å². The van der Waals surface area contributed by atoms with Gasteiger partial charge in [-0.3, -0.25) is 9.69 Å². The van der Waals surface area contributed by atoms with Gasteiger partial charge >= 0.3 is 0 Å². The maximum atomic E-state index is 13.1. The number of hydrogen-bond donors (Lipinski definition) is 0. The first-order chi connectivity index (χ1) is 11.6. The second kappa shape index (κ2) is 7.01. The van der Waals surface area contributed by atoms with Crippen molar-refractivity contribution in [1.29, 1.82) is 0 Å². The first-order valence-electron chi connectivity index (χ1n) is 7.90. The third kappa shape index (κ3) is 3.26. The Morgan fingerprint density at radius 2 is 1.88 bits per heavy atom. The van der Waals surface area contributed by atoms with E-state index in [0.29, 0.717) is 23.8 Å². The summed E-state index contributed by atoms with van der Waals surface area (Å²) in [6.07, 6.45) is 0. The van der Waals surface area contributed by atoms with Gasteiger partial charge in [-0.15, -0.1) is 0 Å². The maximum absolute atomic E-state index is 13.1. The third-order valence-electron chi connectivity index (χ3n) is 3.64. The van der Waals surface area contributed by atoms with Crippen LogP contribution in [-0.2, 0) is 0 Å². The summed E-state index contributed by atoms with van der Waals surface area (Å²) in [5.41, 5.74) is 1.47. The van der Waals surface area contributed by atoms with E-state index in [0.717, 1.165) is 15.3 Å². The molecular weight excluding hydrogens is 320 g/mol. The molecule has 1 heterocycles. The number of para-hydroxylation sites is 2. The van der Waals surface area contributed by atoms with Gasteiger partial charge in [0.15, 0.2) is 5.13 Å². The molecule has 0 aliphatic carbocycles. The van der Waals surface area contributed by atoms with E-state index in [1.165, 1.54) is 11.3 Å². The van der Waals surface area contributed by atoms with Crippen LogP contribution >= 0.6 is 11.3 Å². The summed E-state index contributed by atoms with van der Waals surface area (Å²) in [4.78, 5) is 19.6. The summed E-state index contributed by atoms with van der Waals surface area (Å²) in [5.74, 6) is 0.827. The minimum Gasteiger partial charge on any atom is -0.496 e. The molecule has 1 aromatic heterocycles. The zero-order valence-corrected chi connectivity index (χ0v) is 14.8.